The third-order valence-electron chi connectivity index (χ3n) is 6.07. The Hall–Kier alpha value is -1.75. The van der Waals surface area contributed by atoms with Gasteiger partial charge in [-0.15, -0.1) is 11.3 Å². The second-order valence-electron chi connectivity index (χ2n) is 7.77. The number of ether oxygens (including phenoxy) is 2. The predicted molar refractivity (Wildman–Crippen MR) is 110 cm³/mol. The predicted octanol–water partition coefficient (Wildman–Crippen LogP) is 3.95. The van der Waals surface area contributed by atoms with Crippen molar-refractivity contribution in [1.82, 2.24) is 15.3 Å². The number of hydrogen-bond acceptors (Lipinski definition) is 7. The maximum atomic E-state index is 9.30. The molecule has 1 fully saturated rings. The van der Waals surface area contributed by atoms with Gasteiger partial charge in [0.1, 0.15) is 23.4 Å². The van der Waals surface area contributed by atoms with E-state index in [1.807, 2.05) is 0 Å². The van der Waals surface area contributed by atoms with Gasteiger partial charge in [0.15, 0.2) is 0 Å². The lowest BCUT2D eigenvalue weighted by Gasteiger charge is -2.29. The van der Waals surface area contributed by atoms with E-state index in [9.17, 15) is 5.26 Å². The highest BCUT2D eigenvalue weighted by atomic mass is 32.1. The Kier molecular flexibility index (Phi) is 6.10. The summed E-state index contributed by atoms with van der Waals surface area (Å²) in [5.41, 5.74) is 1.30. The van der Waals surface area contributed by atoms with Crippen LogP contribution in [0.3, 0.4) is 0 Å². The summed E-state index contributed by atoms with van der Waals surface area (Å²) in [5.74, 6) is 1.04. The van der Waals surface area contributed by atoms with E-state index in [0.717, 1.165) is 61.2 Å². The molecule has 1 saturated carbocycles. The van der Waals surface area contributed by atoms with E-state index in [4.69, 9.17) is 9.47 Å². The van der Waals surface area contributed by atoms with E-state index in [-0.39, 0.29) is 12.2 Å². The first-order valence-electron chi connectivity index (χ1n) is 10.3. The number of hydrogen-bond donors (Lipinski definition) is 1. The summed E-state index contributed by atoms with van der Waals surface area (Å²) >= 11 is 1.75. The molecule has 0 radical (unpaired) electrons. The SMILES string of the molecule is CCN[C@H]1CC[C@H](Oc2ncnc3sc4c(c23)[C@@H](C[C@H](C#N)OC)CC4)CC1. The number of nitriles is 1. The Morgan fingerprint density at radius 1 is 1.29 bits per heavy atom. The van der Waals surface area contributed by atoms with Gasteiger partial charge in [0.2, 0.25) is 5.88 Å². The number of methoxy groups -OCH3 is 1. The summed E-state index contributed by atoms with van der Waals surface area (Å²) in [6, 6.07) is 2.87. The van der Waals surface area contributed by atoms with Crippen LogP contribution in [0.1, 0.15) is 61.8 Å². The maximum absolute atomic E-state index is 9.30. The molecule has 6 nitrogen and oxygen atoms in total. The van der Waals surface area contributed by atoms with Crippen LogP contribution in [0.4, 0.5) is 0 Å². The van der Waals surface area contributed by atoms with Crippen LogP contribution in [0, 0.1) is 11.3 Å². The molecule has 1 N–H and O–H groups in total. The highest BCUT2D eigenvalue weighted by Gasteiger charge is 2.32. The minimum absolute atomic E-state index is 0.217. The summed E-state index contributed by atoms with van der Waals surface area (Å²) in [4.78, 5) is 11.4. The zero-order valence-corrected chi connectivity index (χ0v) is 17.4. The van der Waals surface area contributed by atoms with Crippen LogP contribution in [0.2, 0.25) is 0 Å². The summed E-state index contributed by atoms with van der Waals surface area (Å²) < 4.78 is 11.7. The molecule has 0 bridgehead atoms. The molecule has 2 aliphatic rings. The molecule has 0 amide bonds. The molecule has 2 atom stereocenters. The molecule has 0 aliphatic heterocycles. The Balaban J connectivity index is 1.56. The van der Waals surface area contributed by atoms with Crippen molar-refractivity contribution in [3.05, 3.63) is 16.8 Å². The van der Waals surface area contributed by atoms with E-state index in [2.05, 4.69) is 28.3 Å². The van der Waals surface area contributed by atoms with Crippen molar-refractivity contribution in [3.63, 3.8) is 0 Å². The van der Waals surface area contributed by atoms with E-state index >= 15 is 0 Å². The summed E-state index contributed by atoms with van der Waals surface area (Å²) in [6.07, 6.45) is 8.68. The van der Waals surface area contributed by atoms with Gasteiger partial charge in [0, 0.05) is 18.0 Å². The Bertz CT molecular complexity index is 854. The van der Waals surface area contributed by atoms with Crippen LogP contribution in [0.25, 0.3) is 10.2 Å². The highest BCUT2D eigenvalue weighted by molar-refractivity contribution is 7.19. The first-order chi connectivity index (χ1) is 13.7. The fourth-order valence-corrected chi connectivity index (χ4v) is 5.89. The normalized spacial score (nSPS) is 25.4. The lowest BCUT2D eigenvalue weighted by Crippen LogP contribution is -2.36. The number of aryl methyl sites for hydroxylation is 1. The molecular weight excluding hydrogens is 372 g/mol. The Morgan fingerprint density at radius 3 is 2.82 bits per heavy atom. The molecule has 28 heavy (non-hydrogen) atoms. The van der Waals surface area contributed by atoms with Crippen LogP contribution in [0.5, 0.6) is 5.88 Å². The third-order valence-corrected chi connectivity index (χ3v) is 7.24. The van der Waals surface area contributed by atoms with Gasteiger partial charge in [0.05, 0.1) is 11.5 Å². The average molecular weight is 401 g/mol. The van der Waals surface area contributed by atoms with Gasteiger partial charge in [0.25, 0.3) is 0 Å². The van der Waals surface area contributed by atoms with E-state index < -0.39 is 0 Å². The first kappa shape index (κ1) is 19.6. The van der Waals surface area contributed by atoms with Crippen molar-refractivity contribution in [2.24, 2.45) is 0 Å². The van der Waals surface area contributed by atoms with E-state index in [1.165, 1.54) is 10.4 Å². The minimum Gasteiger partial charge on any atom is -0.474 e. The lowest BCUT2D eigenvalue weighted by atomic mass is 9.92. The van der Waals surface area contributed by atoms with Gasteiger partial charge in [-0.2, -0.15) is 5.26 Å². The average Bonchev–Trinajstić information content (AvgIpc) is 3.27. The molecule has 150 valence electrons. The van der Waals surface area contributed by atoms with Crippen molar-refractivity contribution in [3.8, 4) is 11.9 Å². The molecule has 2 aromatic rings. The van der Waals surface area contributed by atoms with Gasteiger partial charge in [-0.25, -0.2) is 9.97 Å². The minimum atomic E-state index is -0.374. The van der Waals surface area contributed by atoms with Gasteiger partial charge in [-0.3, -0.25) is 0 Å². The molecule has 7 heteroatoms. The number of aromatic nitrogens is 2. The second-order valence-corrected chi connectivity index (χ2v) is 8.86. The molecule has 0 aromatic carbocycles. The zero-order chi connectivity index (χ0) is 19.5. The van der Waals surface area contributed by atoms with Crippen molar-refractivity contribution >= 4 is 21.6 Å². The molecular formula is C21H28N4O2S. The molecule has 2 heterocycles. The van der Waals surface area contributed by atoms with Crippen LogP contribution >= 0.6 is 11.3 Å². The topological polar surface area (TPSA) is 80.1 Å². The zero-order valence-electron chi connectivity index (χ0n) is 16.6. The van der Waals surface area contributed by atoms with Crippen LogP contribution in [-0.4, -0.2) is 41.9 Å². The van der Waals surface area contributed by atoms with Crippen molar-refractivity contribution in [2.75, 3.05) is 13.7 Å². The first-order valence-corrected chi connectivity index (χ1v) is 11.1. The fourth-order valence-electron chi connectivity index (χ4n) is 4.66. The van der Waals surface area contributed by atoms with E-state index in [1.54, 1.807) is 24.8 Å². The number of nitrogens with zero attached hydrogens (tertiary/aromatic N) is 3. The Labute approximate surface area is 170 Å². The molecule has 2 aromatic heterocycles. The van der Waals surface area contributed by atoms with Crippen LogP contribution in [0.15, 0.2) is 6.33 Å². The van der Waals surface area contributed by atoms with Gasteiger partial charge < -0.3 is 14.8 Å². The quantitative estimate of drug-likeness (QED) is 0.758. The van der Waals surface area contributed by atoms with E-state index in [0.29, 0.717) is 18.4 Å². The van der Waals surface area contributed by atoms with Crippen molar-refractivity contribution in [1.29, 1.82) is 5.26 Å². The molecule has 0 unspecified atom stereocenters. The van der Waals surface area contributed by atoms with Crippen molar-refractivity contribution in [2.45, 2.75) is 76.0 Å². The molecule has 0 spiro atoms. The third kappa shape index (κ3) is 3.86. The summed E-state index contributed by atoms with van der Waals surface area (Å²) in [7, 11) is 1.61. The van der Waals surface area contributed by atoms with Gasteiger partial charge in [-0.1, -0.05) is 6.92 Å². The second kappa shape index (κ2) is 8.73. The largest absolute Gasteiger partial charge is 0.474 e. The highest BCUT2D eigenvalue weighted by Crippen LogP contribution is 2.47. The van der Waals surface area contributed by atoms with Crippen molar-refractivity contribution < 1.29 is 9.47 Å². The lowest BCUT2D eigenvalue weighted by molar-refractivity contribution is 0.132. The van der Waals surface area contributed by atoms with Crippen LogP contribution in [-0.2, 0) is 11.2 Å². The number of fused-ring (bicyclic) bond motifs is 3. The number of nitrogens with one attached hydrogen (secondary N) is 1. The monoisotopic (exact) mass is 400 g/mol. The smallest absolute Gasteiger partial charge is 0.225 e. The number of rotatable bonds is 7. The fraction of sp³-hybridized carbons (Fsp3) is 0.667. The summed E-state index contributed by atoms with van der Waals surface area (Å²) in [6.45, 7) is 3.19. The maximum Gasteiger partial charge on any atom is 0.225 e. The standard InChI is InChI=1S/C21H28N4O2S/c1-3-23-14-5-7-15(8-6-14)27-20-19-18-13(10-16(11-22)26-2)4-9-17(18)28-21(19)25-12-24-20/h12-16,23H,3-10H2,1-2H3/t13-,14-,15-,16-/m1/s1. The molecule has 2 aliphatic carbocycles. The summed E-state index contributed by atoms with van der Waals surface area (Å²) in [5, 5.41) is 13.9. The molecule has 0 saturated heterocycles. The van der Waals surface area contributed by atoms with Gasteiger partial charge >= 0.3 is 0 Å². The number of thiophene rings is 1. The molecule has 4 rings (SSSR count). The Morgan fingerprint density at radius 2 is 2.11 bits per heavy atom. The van der Waals surface area contributed by atoms with Gasteiger partial charge in [-0.05, 0) is 63.0 Å². The van der Waals surface area contributed by atoms with Crippen LogP contribution < -0.4 is 10.1 Å².